The first kappa shape index (κ1) is 8.83. The maximum Gasteiger partial charge on any atom is 0.249 e. The average molecular weight is 204 g/mol. The molecule has 0 radical (unpaired) electrons. The number of hydrogen-bond acceptors (Lipinski definition) is 3. The fraction of sp³-hybridized carbons (Fsp3) is 0.545. The molecule has 2 aliphatic carbocycles. The summed E-state index contributed by atoms with van der Waals surface area (Å²) < 4.78 is 1.38. The van der Waals surface area contributed by atoms with Gasteiger partial charge in [-0.3, -0.25) is 9.59 Å². The van der Waals surface area contributed by atoms with Gasteiger partial charge in [-0.15, -0.1) is 0 Å². The van der Waals surface area contributed by atoms with E-state index in [0.29, 0.717) is 12.0 Å². The van der Waals surface area contributed by atoms with Crippen LogP contribution in [0.5, 0.6) is 0 Å². The van der Waals surface area contributed by atoms with E-state index in [-0.39, 0.29) is 17.6 Å². The van der Waals surface area contributed by atoms with Crippen LogP contribution in [-0.2, 0) is 6.42 Å². The van der Waals surface area contributed by atoms with Crippen molar-refractivity contribution in [3.8, 4) is 0 Å². The Morgan fingerprint density at radius 3 is 2.87 bits per heavy atom. The molecule has 0 aliphatic heterocycles. The van der Waals surface area contributed by atoms with Crippen molar-refractivity contribution in [2.75, 3.05) is 0 Å². The number of ketones is 1. The standard InChI is InChI=1S/C11H12N2O2/c14-10-3-1-2-9-8(10)6-13(12-9)11(15)7-4-5-7/h6-7H,1-5H2. The van der Waals surface area contributed by atoms with Gasteiger partial charge in [-0.25, -0.2) is 4.68 Å². The summed E-state index contributed by atoms with van der Waals surface area (Å²) in [6.07, 6.45) is 5.84. The van der Waals surface area contributed by atoms with E-state index in [9.17, 15) is 9.59 Å². The minimum absolute atomic E-state index is 0.0530. The predicted octanol–water partition coefficient (Wildman–Crippen LogP) is 1.45. The fourth-order valence-electron chi connectivity index (χ4n) is 2.01. The van der Waals surface area contributed by atoms with Crippen molar-refractivity contribution in [2.45, 2.75) is 32.1 Å². The molecule has 4 nitrogen and oxygen atoms in total. The maximum absolute atomic E-state index is 11.7. The van der Waals surface area contributed by atoms with Gasteiger partial charge in [-0.1, -0.05) is 0 Å². The van der Waals surface area contributed by atoms with E-state index in [0.717, 1.165) is 31.4 Å². The second-order valence-corrected chi connectivity index (χ2v) is 4.32. The summed E-state index contributed by atoms with van der Waals surface area (Å²) in [4.78, 5) is 23.3. The second kappa shape index (κ2) is 3.02. The first-order chi connectivity index (χ1) is 7.25. The van der Waals surface area contributed by atoms with Crippen molar-refractivity contribution in [3.05, 3.63) is 17.5 Å². The molecular formula is C11H12N2O2. The van der Waals surface area contributed by atoms with Gasteiger partial charge in [0.15, 0.2) is 5.78 Å². The summed E-state index contributed by atoms with van der Waals surface area (Å²) in [5.74, 6) is 0.338. The van der Waals surface area contributed by atoms with Crippen LogP contribution in [-0.4, -0.2) is 21.5 Å². The van der Waals surface area contributed by atoms with Gasteiger partial charge < -0.3 is 0 Å². The lowest BCUT2D eigenvalue weighted by Gasteiger charge is -2.05. The molecule has 3 rings (SSSR count). The molecule has 78 valence electrons. The van der Waals surface area contributed by atoms with Crippen molar-refractivity contribution in [1.82, 2.24) is 9.78 Å². The summed E-state index contributed by atoms with van der Waals surface area (Å²) in [6.45, 7) is 0. The molecule has 0 bridgehead atoms. The van der Waals surface area contributed by atoms with Gasteiger partial charge in [0.1, 0.15) is 0 Å². The lowest BCUT2D eigenvalue weighted by molar-refractivity contribution is 0.0869. The number of aromatic nitrogens is 2. The minimum Gasteiger partial charge on any atom is -0.294 e. The largest absolute Gasteiger partial charge is 0.294 e. The Bertz CT molecular complexity index is 443. The van der Waals surface area contributed by atoms with Gasteiger partial charge in [0.25, 0.3) is 0 Å². The number of Topliss-reactive ketones (excluding diaryl/α,β-unsaturated/α-hetero) is 1. The zero-order chi connectivity index (χ0) is 10.4. The normalized spacial score (nSPS) is 20.1. The molecule has 1 aromatic rings. The molecule has 1 aromatic heterocycles. The zero-order valence-corrected chi connectivity index (χ0v) is 8.40. The van der Waals surface area contributed by atoms with E-state index >= 15 is 0 Å². The lowest BCUT2D eigenvalue weighted by Crippen LogP contribution is -2.13. The monoisotopic (exact) mass is 204 g/mol. The third-order valence-electron chi connectivity index (χ3n) is 3.06. The van der Waals surface area contributed by atoms with Gasteiger partial charge in [-0.05, 0) is 25.7 Å². The number of hydrogen-bond donors (Lipinski definition) is 0. The van der Waals surface area contributed by atoms with Gasteiger partial charge in [0, 0.05) is 18.5 Å². The topological polar surface area (TPSA) is 52.0 Å². The third kappa shape index (κ3) is 1.40. The Morgan fingerprint density at radius 2 is 2.20 bits per heavy atom. The maximum atomic E-state index is 11.7. The molecule has 15 heavy (non-hydrogen) atoms. The lowest BCUT2D eigenvalue weighted by atomic mass is 9.97. The molecule has 2 aliphatic rings. The van der Waals surface area contributed by atoms with Gasteiger partial charge in [0.05, 0.1) is 11.3 Å². The van der Waals surface area contributed by atoms with Crippen LogP contribution in [0.1, 0.15) is 46.5 Å². The van der Waals surface area contributed by atoms with Crippen molar-refractivity contribution in [1.29, 1.82) is 0 Å². The van der Waals surface area contributed by atoms with Gasteiger partial charge >= 0.3 is 0 Å². The summed E-state index contributed by atoms with van der Waals surface area (Å²) in [5, 5.41) is 4.21. The molecule has 0 amide bonds. The Morgan fingerprint density at radius 1 is 1.40 bits per heavy atom. The summed E-state index contributed by atoms with van der Waals surface area (Å²) in [5.41, 5.74) is 1.47. The second-order valence-electron chi connectivity index (χ2n) is 4.32. The molecule has 1 saturated carbocycles. The highest BCUT2D eigenvalue weighted by atomic mass is 16.2. The van der Waals surface area contributed by atoms with Crippen molar-refractivity contribution >= 4 is 11.7 Å². The van der Waals surface area contributed by atoms with Gasteiger partial charge in [-0.2, -0.15) is 5.10 Å². The highest BCUT2D eigenvalue weighted by Gasteiger charge is 2.32. The first-order valence-electron chi connectivity index (χ1n) is 5.41. The molecule has 0 spiro atoms. The Balaban J connectivity index is 1.97. The number of aryl methyl sites for hydroxylation is 1. The van der Waals surface area contributed by atoms with E-state index in [1.165, 1.54) is 4.68 Å². The first-order valence-corrected chi connectivity index (χ1v) is 5.41. The fourth-order valence-corrected chi connectivity index (χ4v) is 2.01. The van der Waals surface area contributed by atoms with E-state index in [2.05, 4.69) is 5.10 Å². The third-order valence-corrected chi connectivity index (χ3v) is 3.06. The quantitative estimate of drug-likeness (QED) is 0.695. The highest BCUT2D eigenvalue weighted by Crippen LogP contribution is 2.31. The number of carbonyl (C=O) groups excluding carboxylic acids is 2. The van der Waals surface area contributed by atoms with Crippen molar-refractivity contribution < 1.29 is 9.59 Å². The van der Waals surface area contributed by atoms with Crippen LogP contribution in [0.15, 0.2) is 6.20 Å². The van der Waals surface area contributed by atoms with E-state index in [4.69, 9.17) is 0 Å². The van der Waals surface area contributed by atoms with Crippen LogP contribution in [0.2, 0.25) is 0 Å². The predicted molar refractivity (Wildman–Crippen MR) is 52.8 cm³/mol. The molecule has 4 heteroatoms. The van der Waals surface area contributed by atoms with Crippen LogP contribution >= 0.6 is 0 Å². The van der Waals surface area contributed by atoms with Crippen LogP contribution < -0.4 is 0 Å². The Labute approximate surface area is 87.3 Å². The van der Waals surface area contributed by atoms with E-state index < -0.39 is 0 Å². The SMILES string of the molecule is O=C1CCCc2nn(C(=O)C3CC3)cc21. The van der Waals surface area contributed by atoms with E-state index in [1.54, 1.807) is 6.20 Å². The molecule has 0 N–H and O–H groups in total. The molecule has 1 heterocycles. The Hall–Kier alpha value is -1.45. The zero-order valence-electron chi connectivity index (χ0n) is 8.40. The smallest absolute Gasteiger partial charge is 0.249 e. The van der Waals surface area contributed by atoms with Gasteiger partial charge in [0.2, 0.25) is 5.91 Å². The number of fused-ring (bicyclic) bond motifs is 1. The average Bonchev–Trinajstić information content (AvgIpc) is 2.97. The van der Waals surface area contributed by atoms with Crippen molar-refractivity contribution in [3.63, 3.8) is 0 Å². The highest BCUT2D eigenvalue weighted by molar-refractivity contribution is 5.98. The number of nitrogens with zero attached hydrogens (tertiary/aromatic N) is 2. The van der Waals surface area contributed by atoms with E-state index in [1.807, 2.05) is 0 Å². The number of rotatable bonds is 1. The molecule has 0 atom stereocenters. The van der Waals surface area contributed by atoms with Crippen molar-refractivity contribution in [2.24, 2.45) is 5.92 Å². The molecule has 0 saturated heterocycles. The molecular weight excluding hydrogens is 192 g/mol. The number of carbonyl (C=O) groups is 2. The Kier molecular flexibility index (Phi) is 1.78. The summed E-state index contributed by atoms with van der Waals surface area (Å²) in [6, 6.07) is 0. The van der Waals surface area contributed by atoms with Crippen LogP contribution in [0, 0.1) is 5.92 Å². The van der Waals surface area contributed by atoms with Crippen LogP contribution in [0.3, 0.4) is 0 Å². The van der Waals surface area contributed by atoms with Crippen LogP contribution in [0.4, 0.5) is 0 Å². The molecule has 0 aromatic carbocycles. The summed E-state index contributed by atoms with van der Waals surface area (Å²) in [7, 11) is 0. The molecule has 0 unspecified atom stereocenters. The molecule has 1 fully saturated rings. The minimum atomic E-state index is 0.0530. The summed E-state index contributed by atoms with van der Waals surface area (Å²) >= 11 is 0. The van der Waals surface area contributed by atoms with Crippen LogP contribution in [0.25, 0.3) is 0 Å².